The summed E-state index contributed by atoms with van der Waals surface area (Å²) in [6.45, 7) is 2.99. The number of amides is 4. The van der Waals surface area contributed by atoms with Crippen molar-refractivity contribution >= 4 is 23.6 Å². The Labute approximate surface area is 149 Å². The molecule has 3 heterocycles. The van der Waals surface area contributed by atoms with Gasteiger partial charge < -0.3 is 4.90 Å². The van der Waals surface area contributed by atoms with Gasteiger partial charge in [0, 0.05) is 35.9 Å². The third-order valence-electron chi connectivity index (χ3n) is 4.28. The number of hydrogen-bond donors (Lipinski definition) is 0. The highest BCUT2D eigenvalue weighted by Crippen LogP contribution is 2.22. The average Bonchev–Trinajstić information content (AvgIpc) is 2.68. The normalized spacial score (nSPS) is 20.2. The van der Waals surface area contributed by atoms with E-state index in [9.17, 15) is 19.2 Å². The molecule has 3 rings (SSSR count). The second-order valence-corrected chi connectivity index (χ2v) is 5.85. The number of carbonyl (C=O) groups excluding carboxylic acids is 4. The van der Waals surface area contributed by atoms with Crippen LogP contribution in [0.15, 0.2) is 49.1 Å². The van der Waals surface area contributed by atoms with Gasteiger partial charge in [0.05, 0.1) is 0 Å². The van der Waals surface area contributed by atoms with Crippen LogP contribution in [0.2, 0.25) is 0 Å². The molecule has 0 N–H and O–H groups in total. The van der Waals surface area contributed by atoms with Crippen LogP contribution in [0.1, 0.15) is 34.6 Å². The van der Waals surface area contributed by atoms with E-state index in [1.54, 1.807) is 0 Å². The summed E-state index contributed by atoms with van der Waals surface area (Å²) < 4.78 is 0. The van der Waals surface area contributed by atoms with Crippen LogP contribution in [-0.4, -0.2) is 55.5 Å². The van der Waals surface area contributed by atoms with Gasteiger partial charge in [0.25, 0.3) is 23.6 Å². The molecule has 0 radical (unpaired) electrons. The quantitative estimate of drug-likeness (QED) is 0.745. The fourth-order valence-electron chi connectivity index (χ4n) is 2.87. The standard InChI is InChI=1S/C18H16N4O4/c1-11-15(23)22(18(26)14-5-9-20-10-6-14)16(24)12(2)21(11)17(25)13-3-7-19-8-4-13/h3-12H,1-2H3. The molecule has 1 aliphatic heterocycles. The molecule has 2 atom stereocenters. The number of rotatable bonds is 2. The number of aromatic nitrogens is 2. The second kappa shape index (κ2) is 6.83. The first-order chi connectivity index (χ1) is 12.4. The molecule has 1 saturated heterocycles. The average molecular weight is 352 g/mol. The lowest BCUT2D eigenvalue weighted by Crippen LogP contribution is -2.65. The molecule has 2 aromatic rings. The zero-order valence-electron chi connectivity index (χ0n) is 14.2. The monoisotopic (exact) mass is 352 g/mol. The SMILES string of the molecule is CC1C(=O)N(C(=O)c2ccncc2)C(=O)C(C)N1C(=O)c1ccncc1. The molecular weight excluding hydrogens is 336 g/mol. The summed E-state index contributed by atoms with van der Waals surface area (Å²) in [5.74, 6) is -2.67. The van der Waals surface area contributed by atoms with Crippen LogP contribution >= 0.6 is 0 Å². The van der Waals surface area contributed by atoms with Gasteiger partial charge in [-0.15, -0.1) is 0 Å². The number of carbonyl (C=O) groups is 4. The van der Waals surface area contributed by atoms with Crippen LogP contribution in [0.3, 0.4) is 0 Å². The molecule has 8 heteroatoms. The Morgan fingerprint density at radius 3 is 1.58 bits per heavy atom. The Bertz CT molecular complexity index is 847. The minimum Gasteiger partial charge on any atom is -0.315 e. The highest BCUT2D eigenvalue weighted by Gasteiger charge is 2.47. The summed E-state index contributed by atoms with van der Waals surface area (Å²) in [4.78, 5) is 60.2. The lowest BCUT2D eigenvalue weighted by atomic mass is 10.0. The zero-order valence-corrected chi connectivity index (χ0v) is 14.2. The summed E-state index contributed by atoms with van der Waals surface area (Å²) >= 11 is 0. The molecule has 2 aromatic heterocycles. The Kier molecular flexibility index (Phi) is 4.57. The largest absolute Gasteiger partial charge is 0.315 e. The highest BCUT2D eigenvalue weighted by atomic mass is 16.2. The first kappa shape index (κ1) is 17.4. The van der Waals surface area contributed by atoms with Gasteiger partial charge in [-0.1, -0.05) is 0 Å². The minimum atomic E-state index is -0.964. The molecule has 0 bridgehead atoms. The van der Waals surface area contributed by atoms with Gasteiger partial charge in [-0.05, 0) is 38.1 Å². The molecule has 132 valence electrons. The van der Waals surface area contributed by atoms with E-state index in [1.807, 2.05) is 0 Å². The van der Waals surface area contributed by atoms with Crippen LogP contribution in [-0.2, 0) is 9.59 Å². The molecule has 0 aromatic carbocycles. The molecule has 0 spiro atoms. The van der Waals surface area contributed by atoms with Crippen molar-refractivity contribution in [2.24, 2.45) is 0 Å². The first-order valence-corrected chi connectivity index (χ1v) is 7.98. The molecule has 2 unspecified atom stereocenters. The molecular formula is C18H16N4O4. The van der Waals surface area contributed by atoms with Gasteiger partial charge in [0.1, 0.15) is 12.1 Å². The molecule has 8 nitrogen and oxygen atoms in total. The number of pyridine rings is 2. The van der Waals surface area contributed by atoms with E-state index < -0.39 is 35.7 Å². The van der Waals surface area contributed by atoms with Crippen molar-refractivity contribution in [3.05, 3.63) is 60.2 Å². The number of hydrogen-bond acceptors (Lipinski definition) is 6. The van der Waals surface area contributed by atoms with Gasteiger partial charge in [-0.3, -0.25) is 29.1 Å². The Hall–Kier alpha value is -3.42. The maximum Gasteiger partial charge on any atom is 0.267 e. The predicted octanol–water partition coefficient (Wildman–Crippen LogP) is 0.905. The van der Waals surface area contributed by atoms with Crippen LogP contribution in [0.5, 0.6) is 0 Å². The fourth-order valence-corrected chi connectivity index (χ4v) is 2.87. The van der Waals surface area contributed by atoms with Crippen molar-refractivity contribution in [2.75, 3.05) is 0 Å². The Morgan fingerprint density at radius 2 is 1.15 bits per heavy atom. The summed E-state index contributed by atoms with van der Waals surface area (Å²) in [6, 6.07) is 3.93. The van der Waals surface area contributed by atoms with Gasteiger partial charge in [0.15, 0.2) is 0 Å². The molecule has 0 saturated carbocycles. The van der Waals surface area contributed by atoms with E-state index in [2.05, 4.69) is 9.97 Å². The molecule has 26 heavy (non-hydrogen) atoms. The van der Waals surface area contributed by atoms with Crippen molar-refractivity contribution in [3.63, 3.8) is 0 Å². The fraction of sp³-hybridized carbons (Fsp3) is 0.222. The Morgan fingerprint density at radius 1 is 0.769 bits per heavy atom. The molecule has 4 amide bonds. The van der Waals surface area contributed by atoms with Crippen molar-refractivity contribution in [1.29, 1.82) is 0 Å². The number of nitrogens with zero attached hydrogens (tertiary/aromatic N) is 4. The summed E-state index contributed by atoms with van der Waals surface area (Å²) in [5.41, 5.74) is 0.489. The maximum absolute atomic E-state index is 12.7. The van der Waals surface area contributed by atoms with E-state index in [0.717, 1.165) is 0 Å². The van der Waals surface area contributed by atoms with E-state index in [4.69, 9.17) is 0 Å². The van der Waals surface area contributed by atoms with Crippen LogP contribution < -0.4 is 0 Å². The van der Waals surface area contributed by atoms with Gasteiger partial charge in [0.2, 0.25) is 0 Å². The molecule has 1 fully saturated rings. The van der Waals surface area contributed by atoms with E-state index in [1.165, 1.54) is 67.8 Å². The smallest absolute Gasteiger partial charge is 0.267 e. The number of piperazine rings is 1. The number of imide groups is 3. The van der Waals surface area contributed by atoms with Crippen molar-refractivity contribution < 1.29 is 19.2 Å². The molecule has 0 aliphatic carbocycles. The predicted molar refractivity (Wildman–Crippen MR) is 89.8 cm³/mol. The topological polar surface area (TPSA) is 101 Å². The van der Waals surface area contributed by atoms with Gasteiger partial charge >= 0.3 is 0 Å². The van der Waals surface area contributed by atoms with Crippen molar-refractivity contribution in [2.45, 2.75) is 25.9 Å². The summed E-state index contributed by atoms with van der Waals surface area (Å²) in [6.07, 6.45) is 5.71. The maximum atomic E-state index is 12.7. The lowest BCUT2D eigenvalue weighted by molar-refractivity contribution is -0.153. The van der Waals surface area contributed by atoms with Crippen molar-refractivity contribution in [1.82, 2.24) is 19.8 Å². The Balaban J connectivity index is 1.92. The minimum absolute atomic E-state index is 0.176. The third kappa shape index (κ3) is 2.85. The van der Waals surface area contributed by atoms with Gasteiger partial charge in [-0.25, -0.2) is 4.90 Å². The van der Waals surface area contributed by atoms with Crippen molar-refractivity contribution in [3.8, 4) is 0 Å². The summed E-state index contributed by atoms with van der Waals surface area (Å²) in [7, 11) is 0. The zero-order chi connectivity index (χ0) is 18.8. The third-order valence-corrected chi connectivity index (χ3v) is 4.28. The summed E-state index contributed by atoms with van der Waals surface area (Å²) in [5, 5.41) is 0. The molecule has 1 aliphatic rings. The van der Waals surface area contributed by atoms with Gasteiger partial charge in [-0.2, -0.15) is 0 Å². The highest BCUT2D eigenvalue weighted by molar-refractivity contribution is 6.21. The van der Waals surface area contributed by atoms with Crippen LogP contribution in [0, 0.1) is 0 Å². The van der Waals surface area contributed by atoms with Crippen LogP contribution in [0.25, 0.3) is 0 Å². The van der Waals surface area contributed by atoms with E-state index in [-0.39, 0.29) is 5.56 Å². The second-order valence-electron chi connectivity index (χ2n) is 5.85. The van der Waals surface area contributed by atoms with E-state index >= 15 is 0 Å². The lowest BCUT2D eigenvalue weighted by Gasteiger charge is -2.41. The van der Waals surface area contributed by atoms with E-state index in [0.29, 0.717) is 10.5 Å². The first-order valence-electron chi connectivity index (χ1n) is 7.98. The van der Waals surface area contributed by atoms with Crippen LogP contribution in [0.4, 0.5) is 0 Å².